The Labute approximate surface area is 129 Å². The van der Waals surface area contributed by atoms with Gasteiger partial charge in [0.1, 0.15) is 0 Å². The summed E-state index contributed by atoms with van der Waals surface area (Å²) in [5.74, 6) is -0.205. The molecule has 2 aromatic rings. The van der Waals surface area contributed by atoms with Crippen LogP contribution in [0.4, 0.5) is 0 Å². The number of nitrogens with zero attached hydrogens (tertiary/aromatic N) is 2. The zero-order valence-corrected chi connectivity index (χ0v) is 13.4. The summed E-state index contributed by atoms with van der Waals surface area (Å²) >= 11 is 1.61. The Bertz CT molecular complexity index is 597. The number of aryl methyl sites for hydroxylation is 1. The summed E-state index contributed by atoms with van der Waals surface area (Å²) in [4.78, 5) is 19.5. The molecule has 5 heteroatoms. The van der Waals surface area contributed by atoms with Crippen molar-refractivity contribution >= 4 is 17.2 Å². The molecule has 0 spiro atoms. The van der Waals surface area contributed by atoms with E-state index < -0.39 is 0 Å². The second-order valence-electron chi connectivity index (χ2n) is 5.27. The van der Waals surface area contributed by atoms with Gasteiger partial charge >= 0.3 is 0 Å². The Kier molecular flexibility index (Phi) is 5.09. The molecule has 2 unspecified atom stereocenters. The molecule has 1 amide bonds. The average Bonchev–Trinajstić information content (AvgIpc) is 2.90. The quantitative estimate of drug-likeness (QED) is 0.924. The molecule has 2 atom stereocenters. The lowest BCUT2D eigenvalue weighted by Crippen LogP contribution is -2.36. The van der Waals surface area contributed by atoms with Gasteiger partial charge in [-0.3, -0.25) is 4.79 Å². The van der Waals surface area contributed by atoms with Crippen LogP contribution >= 0.6 is 11.3 Å². The van der Waals surface area contributed by atoms with E-state index in [4.69, 9.17) is 5.73 Å². The predicted octanol–water partition coefficient (Wildman–Crippen LogP) is 2.75. The Balaban J connectivity index is 2.01. The lowest BCUT2D eigenvalue weighted by Gasteiger charge is -2.25. The number of carbonyl (C=O) groups excluding carboxylic acids is 1. The SMILES string of the molecule is Cc1ncc(CN(C)C(=O)C(C)C(N)c2ccccc2)s1. The first-order valence-electron chi connectivity index (χ1n) is 6.96. The zero-order chi connectivity index (χ0) is 15.4. The van der Waals surface area contributed by atoms with Crippen molar-refractivity contribution in [1.82, 2.24) is 9.88 Å². The molecule has 0 radical (unpaired) electrons. The summed E-state index contributed by atoms with van der Waals surface area (Å²) in [6.45, 7) is 4.43. The van der Waals surface area contributed by atoms with Crippen molar-refractivity contribution in [1.29, 1.82) is 0 Å². The standard InChI is InChI=1S/C16H21N3OS/c1-11(15(17)13-7-5-4-6-8-13)16(20)19(3)10-14-9-18-12(2)21-14/h4-9,11,15H,10,17H2,1-3H3. The fraction of sp³-hybridized carbons (Fsp3) is 0.375. The molecule has 2 rings (SSSR count). The number of hydrogen-bond acceptors (Lipinski definition) is 4. The summed E-state index contributed by atoms with van der Waals surface area (Å²) in [5.41, 5.74) is 7.20. The van der Waals surface area contributed by atoms with Crippen LogP contribution in [0.5, 0.6) is 0 Å². The van der Waals surface area contributed by atoms with Gasteiger partial charge in [0.05, 0.1) is 17.5 Å². The molecular weight excluding hydrogens is 282 g/mol. The van der Waals surface area contributed by atoms with E-state index in [0.717, 1.165) is 15.4 Å². The Morgan fingerprint density at radius 2 is 2.05 bits per heavy atom. The molecule has 2 N–H and O–H groups in total. The number of benzene rings is 1. The minimum absolute atomic E-state index is 0.0532. The molecule has 0 aliphatic carbocycles. The lowest BCUT2D eigenvalue weighted by atomic mass is 9.94. The van der Waals surface area contributed by atoms with Crippen LogP contribution in [-0.4, -0.2) is 22.8 Å². The van der Waals surface area contributed by atoms with Crippen LogP contribution in [0.25, 0.3) is 0 Å². The maximum atomic E-state index is 12.5. The van der Waals surface area contributed by atoms with Crippen molar-refractivity contribution in [3.8, 4) is 0 Å². The van der Waals surface area contributed by atoms with E-state index in [-0.39, 0.29) is 17.9 Å². The van der Waals surface area contributed by atoms with E-state index >= 15 is 0 Å². The van der Waals surface area contributed by atoms with Gasteiger partial charge in [0, 0.05) is 24.2 Å². The second kappa shape index (κ2) is 6.83. The molecule has 112 valence electrons. The molecule has 0 bridgehead atoms. The monoisotopic (exact) mass is 303 g/mol. The maximum absolute atomic E-state index is 12.5. The first-order valence-corrected chi connectivity index (χ1v) is 7.77. The summed E-state index contributed by atoms with van der Waals surface area (Å²) < 4.78 is 0. The van der Waals surface area contributed by atoms with E-state index in [1.165, 1.54) is 0 Å². The number of rotatable bonds is 5. The number of aromatic nitrogens is 1. The largest absolute Gasteiger partial charge is 0.340 e. The lowest BCUT2D eigenvalue weighted by molar-refractivity contribution is -0.134. The molecule has 21 heavy (non-hydrogen) atoms. The number of thiazole rings is 1. The van der Waals surface area contributed by atoms with Gasteiger partial charge < -0.3 is 10.6 Å². The summed E-state index contributed by atoms with van der Waals surface area (Å²) in [6, 6.07) is 9.46. The summed E-state index contributed by atoms with van der Waals surface area (Å²) in [7, 11) is 1.81. The van der Waals surface area contributed by atoms with Crippen LogP contribution < -0.4 is 5.73 Å². The smallest absolute Gasteiger partial charge is 0.227 e. The fourth-order valence-electron chi connectivity index (χ4n) is 2.26. The van der Waals surface area contributed by atoms with Gasteiger partial charge in [0.2, 0.25) is 5.91 Å². The third-order valence-electron chi connectivity index (χ3n) is 3.55. The zero-order valence-electron chi connectivity index (χ0n) is 12.6. The molecule has 0 aliphatic heterocycles. The van der Waals surface area contributed by atoms with Crippen LogP contribution in [-0.2, 0) is 11.3 Å². The van der Waals surface area contributed by atoms with Crippen molar-refractivity contribution in [3.63, 3.8) is 0 Å². The van der Waals surface area contributed by atoms with Crippen LogP contribution in [0.15, 0.2) is 36.5 Å². The average molecular weight is 303 g/mol. The van der Waals surface area contributed by atoms with E-state index in [9.17, 15) is 4.79 Å². The first-order chi connectivity index (χ1) is 9.99. The second-order valence-corrected chi connectivity index (χ2v) is 6.58. The molecule has 1 heterocycles. The normalized spacial score (nSPS) is 13.7. The van der Waals surface area contributed by atoms with Gasteiger partial charge in [-0.1, -0.05) is 37.3 Å². The molecule has 0 saturated heterocycles. The van der Waals surface area contributed by atoms with Crippen LogP contribution in [0.3, 0.4) is 0 Å². The number of amides is 1. The van der Waals surface area contributed by atoms with Crippen LogP contribution in [0.1, 0.15) is 28.4 Å². The number of carbonyl (C=O) groups is 1. The highest BCUT2D eigenvalue weighted by molar-refractivity contribution is 7.11. The highest BCUT2D eigenvalue weighted by atomic mass is 32.1. The van der Waals surface area contributed by atoms with Crippen molar-refractivity contribution in [2.75, 3.05) is 7.05 Å². The number of hydrogen-bond donors (Lipinski definition) is 1. The molecule has 0 aliphatic rings. The fourth-order valence-corrected chi connectivity index (χ4v) is 3.10. The summed E-state index contributed by atoms with van der Waals surface area (Å²) in [5, 5.41) is 1.01. The predicted molar refractivity (Wildman–Crippen MR) is 85.9 cm³/mol. The highest BCUT2D eigenvalue weighted by Gasteiger charge is 2.25. The van der Waals surface area contributed by atoms with Crippen molar-refractivity contribution in [2.24, 2.45) is 11.7 Å². The van der Waals surface area contributed by atoms with Gasteiger partial charge in [0.25, 0.3) is 0 Å². The van der Waals surface area contributed by atoms with Gasteiger partial charge in [-0.2, -0.15) is 0 Å². The van der Waals surface area contributed by atoms with Gasteiger partial charge in [-0.25, -0.2) is 4.98 Å². The Hall–Kier alpha value is -1.72. The van der Waals surface area contributed by atoms with Gasteiger partial charge in [-0.15, -0.1) is 11.3 Å². The third-order valence-corrected chi connectivity index (χ3v) is 4.45. The first kappa shape index (κ1) is 15.7. The molecule has 1 aromatic heterocycles. The van der Waals surface area contributed by atoms with Crippen molar-refractivity contribution in [2.45, 2.75) is 26.4 Å². The molecule has 0 fully saturated rings. The van der Waals surface area contributed by atoms with E-state index in [1.54, 1.807) is 16.2 Å². The van der Waals surface area contributed by atoms with Gasteiger partial charge in [0.15, 0.2) is 0 Å². The molecule has 4 nitrogen and oxygen atoms in total. The molecular formula is C16H21N3OS. The molecule has 1 aromatic carbocycles. The summed E-state index contributed by atoms with van der Waals surface area (Å²) in [6.07, 6.45) is 1.82. The maximum Gasteiger partial charge on any atom is 0.227 e. The minimum atomic E-state index is -0.288. The van der Waals surface area contributed by atoms with E-state index in [0.29, 0.717) is 6.54 Å². The number of nitrogens with two attached hydrogens (primary N) is 1. The van der Waals surface area contributed by atoms with Crippen molar-refractivity contribution < 1.29 is 4.79 Å². The van der Waals surface area contributed by atoms with E-state index in [1.807, 2.05) is 57.4 Å². The van der Waals surface area contributed by atoms with Gasteiger partial charge in [-0.05, 0) is 12.5 Å². The Morgan fingerprint density at radius 1 is 1.38 bits per heavy atom. The van der Waals surface area contributed by atoms with E-state index in [2.05, 4.69) is 4.98 Å². The van der Waals surface area contributed by atoms with Crippen LogP contribution in [0.2, 0.25) is 0 Å². The van der Waals surface area contributed by atoms with Crippen LogP contribution in [0, 0.1) is 12.8 Å². The third kappa shape index (κ3) is 3.89. The highest BCUT2D eigenvalue weighted by Crippen LogP contribution is 2.22. The minimum Gasteiger partial charge on any atom is -0.340 e. The topological polar surface area (TPSA) is 59.2 Å². The van der Waals surface area contributed by atoms with Crippen molar-refractivity contribution in [3.05, 3.63) is 52.0 Å². The molecule has 0 saturated carbocycles. The Morgan fingerprint density at radius 3 is 2.62 bits per heavy atom.